The van der Waals surface area contributed by atoms with Crippen molar-refractivity contribution in [3.8, 4) is 5.75 Å². The zero-order chi connectivity index (χ0) is 13.3. The molecule has 1 aromatic carbocycles. The van der Waals surface area contributed by atoms with Crippen molar-refractivity contribution in [1.82, 2.24) is 0 Å². The largest absolute Gasteiger partial charge is 0.484 e. The van der Waals surface area contributed by atoms with Gasteiger partial charge in [0.2, 0.25) is 10.0 Å². The van der Waals surface area contributed by atoms with Gasteiger partial charge in [0.15, 0.2) is 6.61 Å². The van der Waals surface area contributed by atoms with E-state index in [4.69, 9.17) is 5.14 Å². The van der Waals surface area contributed by atoms with E-state index in [0.717, 1.165) is 18.2 Å². The van der Waals surface area contributed by atoms with Gasteiger partial charge in [-0.05, 0) is 30.7 Å². The maximum absolute atomic E-state index is 11.9. The number of hydrogen-bond donors (Lipinski definition) is 1. The number of ether oxygens (including phenoxy) is 1. The lowest BCUT2D eigenvalue weighted by Crippen LogP contribution is -2.19. The van der Waals surface area contributed by atoms with Crippen molar-refractivity contribution in [3.63, 3.8) is 0 Å². The number of rotatable bonds is 3. The van der Waals surface area contributed by atoms with Crippen molar-refractivity contribution >= 4 is 10.0 Å². The summed E-state index contributed by atoms with van der Waals surface area (Å²) in [5, 5.41) is 4.87. The lowest BCUT2D eigenvalue weighted by atomic mass is 10.2. The van der Waals surface area contributed by atoms with Crippen molar-refractivity contribution in [3.05, 3.63) is 23.8 Å². The van der Waals surface area contributed by atoms with E-state index in [2.05, 4.69) is 4.74 Å². The molecule has 0 radical (unpaired) electrons. The second-order valence-electron chi connectivity index (χ2n) is 3.38. The molecule has 0 heterocycles. The summed E-state index contributed by atoms with van der Waals surface area (Å²) in [6, 6.07) is 3.38. The predicted octanol–water partition coefficient (Wildman–Crippen LogP) is 1.58. The van der Waals surface area contributed by atoms with Gasteiger partial charge >= 0.3 is 6.18 Å². The Balaban J connectivity index is 2.92. The molecule has 0 bridgehead atoms. The summed E-state index contributed by atoms with van der Waals surface area (Å²) in [5.74, 6) is -0.0327. The Morgan fingerprint density at radius 1 is 1.35 bits per heavy atom. The second kappa shape index (κ2) is 4.53. The summed E-state index contributed by atoms with van der Waals surface area (Å²) in [7, 11) is -3.86. The molecular weight excluding hydrogens is 259 g/mol. The van der Waals surface area contributed by atoms with Crippen molar-refractivity contribution in [2.45, 2.75) is 18.0 Å². The van der Waals surface area contributed by atoms with E-state index < -0.39 is 22.8 Å². The van der Waals surface area contributed by atoms with Crippen LogP contribution in [0.5, 0.6) is 5.75 Å². The van der Waals surface area contributed by atoms with Gasteiger partial charge < -0.3 is 4.74 Å². The minimum atomic E-state index is -4.44. The van der Waals surface area contributed by atoms with E-state index >= 15 is 0 Å². The molecule has 0 aromatic heterocycles. The van der Waals surface area contributed by atoms with Crippen LogP contribution in [-0.4, -0.2) is 21.2 Å². The Morgan fingerprint density at radius 3 is 2.35 bits per heavy atom. The van der Waals surface area contributed by atoms with Gasteiger partial charge in [0.25, 0.3) is 0 Å². The maximum atomic E-state index is 11.9. The number of benzene rings is 1. The van der Waals surface area contributed by atoms with Gasteiger partial charge in [0, 0.05) is 0 Å². The van der Waals surface area contributed by atoms with Crippen LogP contribution in [0.25, 0.3) is 0 Å². The van der Waals surface area contributed by atoms with Gasteiger partial charge in [0.05, 0.1) is 4.90 Å². The van der Waals surface area contributed by atoms with Crippen LogP contribution >= 0.6 is 0 Å². The topological polar surface area (TPSA) is 69.4 Å². The van der Waals surface area contributed by atoms with Gasteiger partial charge in [-0.1, -0.05) is 0 Å². The quantitative estimate of drug-likeness (QED) is 0.905. The summed E-state index contributed by atoms with van der Waals surface area (Å²) in [5.41, 5.74) is 0.265. The van der Waals surface area contributed by atoms with E-state index in [1.807, 2.05) is 0 Å². The first kappa shape index (κ1) is 13.8. The van der Waals surface area contributed by atoms with Crippen LogP contribution in [0.1, 0.15) is 5.56 Å². The minimum Gasteiger partial charge on any atom is -0.484 e. The molecule has 0 fully saturated rings. The van der Waals surface area contributed by atoms with Crippen LogP contribution < -0.4 is 9.88 Å². The number of halogens is 3. The molecule has 0 unspecified atom stereocenters. The molecule has 0 amide bonds. The smallest absolute Gasteiger partial charge is 0.422 e. The van der Waals surface area contributed by atoms with Gasteiger partial charge in [0.1, 0.15) is 5.75 Å². The molecule has 0 aliphatic carbocycles. The second-order valence-corrected chi connectivity index (χ2v) is 4.94. The molecule has 96 valence electrons. The van der Waals surface area contributed by atoms with Crippen LogP contribution in [0.2, 0.25) is 0 Å². The summed E-state index contributed by atoms with van der Waals surface area (Å²) in [6.07, 6.45) is -4.44. The van der Waals surface area contributed by atoms with Crippen LogP contribution in [-0.2, 0) is 10.0 Å². The van der Waals surface area contributed by atoms with Gasteiger partial charge in [-0.2, -0.15) is 13.2 Å². The van der Waals surface area contributed by atoms with Crippen LogP contribution in [0, 0.1) is 6.92 Å². The van der Waals surface area contributed by atoms with Gasteiger partial charge in [-0.25, -0.2) is 13.6 Å². The summed E-state index contributed by atoms with van der Waals surface area (Å²) < 4.78 is 62.2. The number of aryl methyl sites for hydroxylation is 1. The molecule has 2 N–H and O–H groups in total. The molecule has 0 spiro atoms. The number of hydrogen-bond acceptors (Lipinski definition) is 3. The Morgan fingerprint density at radius 2 is 1.94 bits per heavy atom. The van der Waals surface area contributed by atoms with Gasteiger partial charge in [-0.3, -0.25) is 0 Å². The first-order valence-electron chi connectivity index (χ1n) is 4.42. The molecule has 1 rings (SSSR count). The summed E-state index contributed by atoms with van der Waals surface area (Å²) in [6.45, 7) is 0.00293. The van der Waals surface area contributed by atoms with E-state index in [0.29, 0.717) is 0 Å². The molecule has 0 saturated carbocycles. The fourth-order valence-electron chi connectivity index (χ4n) is 1.12. The minimum absolute atomic E-state index is 0.0327. The lowest BCUT2D eigenvalue weighted by Gasteiger charge is -2.11. The third-order valence-corrected chi connectivity index (χ3v) is 2.78. The average Bonchev–Trinajstić information content (AvgIpc) is 2.12. The molecule has 0 aliphatic rings. The van der Waals surface area contributed by atoms with Crippen molar-refractivity contribution < 1.29 is 26.3 Å². The highest BCUT2D eigenvalue weighted by Gasteiger charge is 2.28. The summed E-state index contributed by atoms with van der Waals surface area (Å²) in [4.78, 5) is -0.172. The Kier molecular flexibility index (Phi) is 3.68. The van der Waals surface area contributed by atoms with Gasteiger partial charge in [-0.15, -0.1) is 0 Å². The highest BCUT2D eigenvalue weighted by Crippen LogP contribution is 2.23. The monoisotopic (exact) mass is 269 g/mol. The normalized spacial score (nSPS) is 12.5. The maximum Gasteiger partial charge on any atom is 0.422 e. The number of nitrogens with two attached hydrogens (primary N) is 1. The van der Waals surface area contributed by atoms with Crippen LogP contribution in [0.15, 0.2) is 23.1 Å². The SMILES string of the molecule is Cc1cc(S(N)(=O)=O)ccc1OCC(F)(F)F. The first-order chi connectivity index (χ1) is 7.59. The molecule has 17 heavy (non-hydrogen) atoms. The van der Waals surface area contributed by atoms with E-state index in [1.165, 1.54) is 6.92 Å². The van der Waals surface area contributed by atoms with E-state index in [1.54, 1.807) is 0 Å². The van der Waals surface area contributed by atoms with Crippen LogP contribution in [0.4, 0.5) is 13.2 Å². The Hall–Kier alpha value is -1.28. The number of sulfonamides is 1. The number of primary sulfonamides is 1. The van der Waals surface area contributed by atoms with Crippen molar-refractivity contribution in [2.75, 3.05) is 6.61 Å². The Bertz CT molecular complexity index is 511. The third kappa shape index (κ3) is 4.23. The molecule has 4 nitrogen and oxygen atoms in total. The van der Waals surface area contributed by atoms with E-state index in [9.17, 15) is 21.6 Å². The number of alkyl halides is 3. The standard InChI is InChI=1S/C9H10F3NO3S/c1-6-4-7(17(13,14)15)2-3-8(6)16-5-9(10,11)12/h2-4H,5H2,1H3,(H2,13,14,15). The molecular formula is C9H10F3NO3S. The third-order valence-electron chi connectivity index (χ3n) is 1.87. The van der Waals surface area contributed by atoms with Crippen molar-refractivity contribution in [1.29, 1.82) is 0 Å². The van der Waals surface area contributed by atoms with E-state index in [-0.39, 0.29) is 16.2 Å². The highest BCUT2D eigenvalue weighted by molar-refractivity contribution is 7.89. The lowest BCUT2D eigenvalue weighted by molar-refractivity contribution is -0.153. The fourth-order valence-corrected chi connectivity index (χ4v) is 1.72. The highest BCUT2D eigenvalue weighted by atomic mass is 32.2. The van der Waals surface area contributed by atoms with Crippen molar-refractivity contribution in [2.24, 2.45) is 5.14 Å². The molecule has 1 aromatic rings. The average molecular weight is 269 g/mol. The molecule has 8 heteroatoms. The molecule has 0 saturated heterocycles. The zero-order valence-electron chi connectivity index (χ0n) is 8.78. The Labute approximate surface area is 96.2 Å². The fraction of sp³-hybridized carbons (Fsp3) is 0.333. The molecule has 0 atom stereocenters. The first-order valence-corrected chi connectivity index (χ1v) is 5.97. The predicted molar refractivity (Wildman–Crippen MR) is 54.1 cm³/mol. The zero-order valence-corrected chi connectivity index (χ0v) is 9.60. The molecule has 0 aliphatic heterocycles. The van der Waals surface area contributed by atoms with Crippen LogP contribution in [0.3, 0.4) is 0 Å². The summed E-state index contributed by atoms with van der Waals surface area (Å²) >= 11 is 0.